The second-order valence-corrected chi connectivity index (χ2v) is 6.81. The predicted molar refractivity (Wildman–Crippen MR) is 98.5 cm³/mol. The third-order valence-electron chi connectivity index (χ3n) is 4.92. The molecule has 0 aliphatic carbocycles. The molecule has 1 fully saturated rings. The van der Waals surface area contributed by atoms with Gasteiger partial charge in [0.2, 0.25) is 5.91 Å². The summed E-state index contributed by atoms with van der Waals surface area (Å²) in [6.45, 7) is 4.56. The van der Waals surface area contributed by atoms with Gasteiger partial charge in [-0.3, -0.25) is 14.5 Å². The number of rotatable bonds is 5. The van der Waals surface area contributed by atoms with E-state index in [-0.39, 0.29) is 23.7 Å². The van der Waals surface area contributed by atoms with Crippen LogP contribution in [0.3, 0.4) is 0 Å². The number of hydrogen-bond donors (Lipinski definition) is 0. The van der Waals surface area contributed by atoms with E-state index in [2.05, 4.69) is 4.90 Å². The molecule has 0 spiro atoms. The lowest BCUT2D eigenvalue weighted by Gasteiger charge is -2.38. The Kier molecular flexibility index (Phi) is 5.91. The van der Waals surface area contributed by atoms with Gasteiger partial charge in [0.1, 0.15) is 5.82 Å². The average molecular weight is 373 g/mol. The van der Waals surface area contributed by atoms with Gasteiger partial charge in [-0.15, -0.1) is 0 Å². The third-order valence-corrected chi connectivity index (χ3v) is 4.92. The molecule has 0 saturated carbocycles. The van der Waals surface area contributed by atoms with Gasteiger partial charge in [0, 0.05) is 39.8 Å². The minimum absolute atomic E-state index is 0.0231. The zero-order valence-electron chi connectivity index (χ0n) is 15.6. The van der Waals surface area contributed by atoms with Crippen molar-refractivity contribution in [3.63, 3.8) is 0 Å². The number of piperazine rings is 1. The van der Waals surface area contributed by atoms with E-state index in [1.54, 1.807) is 41.1 Å². The van der Waals surface area contributed by atoms with E-state index in [9.17, 15) is 14.0 Å². The number of benzene rings is 1. The zero-order valence-corrected chi connectivity index (χ0v) is 15.6. The highest BCUT2D eigenvalue weighted by molar-refractivity contribution is 5.91. The van der Waals surface area contributed by atoms with Crippen molar-refractivity contribution in [2.45, 2.75) is 19.5 Å². The minimum Gasteiger partial charge on any atom is -0.459 e. The molecule has 1 aromatic carbocycles. The summed E-state index contributed by atoms with van der Waals surface area (Å²) < 4.78 is 18.5. The summed E-state index contributed by atoms with van der Waals surface area (Å²) in [7, 11) is 1.72. The number of halogens is 1. The van der Waals surface area contributed by atoms with Crippen molar-refractivity contribution >= 4 is 11.8 Å². The van der Waals surface area contributed by atoms with Gasteiger partial charge >= 0.3 is 0 Å². The van der Waals surface area contributed by atoms with Gasteiger partial charge in [-0.1, -0.05) is 12.1 Å². The molecule has 2 heterocycles. The normalized spacial score (nSPS) is 16.2. The summed E-state index contributed by atoms with van der Waals surface area (Å²) in [4.78, 5) is 30.5. The molecule has 3 rings (SSSR count). The molecule has 2 amide bonds. The van der Waals surface area contributed by atoms with Crippen molar-refractivity contribution in [2.75, 3.05) is 33.2 Å². The molecule has 0 radical (unpaired) electrons. The highest BCUT2D eigenvalue weighted by atomic mass is 19.1. The quantitative estimate of drug-likeness (QED) is 0.807. The fourth-order valence-corrected chi connectivity index (χ4v) is 3.33. The van der Waals surface area contributed by atoms with Gasteiger partial charge in [-0.05, 0) is 36.8 Å². The van der Waals surface area contributed by atoms with Gasteiger partial charge in [0.05, 0.1) is 12.3 Å². The van der Waals surface area contributed by atoms with Crippen LogP contribution in [0.2, 0.25) is 0 Å². The van der Waals surface area contributed by atoms with Gasteiger partial charge < -0.3 is 14.2 Å². The lowest BCUT2D eigenvalue weighted by Crippen LogP contribution is -2.55. The molecule has 2 aromatic rings. The van der Waals surface area contributed by atoms with Crippen molar-refractivity contribution in [2.24, 2.45) is 0 Å². The van der Waals surface area contributed by atoms with Crippen molar-refractivity contribution in [1.29, 1.82) is 0 Å². The van der Waals surface area contributed by atoms with E-state index in [1.807, 2.05) is 6.92 Å². The van der Waals surface area contributed by atoms with Crippen LogP contribution in [0.15, 0.2) is 47.1 Å². The molecule has 1 aliphatic heterocycles. The summed E-state index contributed by atoms with van der Waals surface area (Å²) in [6, 6.07) is 9.31. The van der Waals surface area contributed by atoms with Gasteiger partial charge in [-0.25, -0.2) is 4.39 Å². The molecule has 1 aliphatic rings. The summed E-state index contributed by atoms with van der Waals surface area (Å²) in [6.07, 6.45) is 1.48. The van der Waals surface area contributed by atoms with Crippen LogP contribution in [0, 0.1) is 5.82 Å². The van der Waals surface area contributed by atoms with Gasteiger partial charge in [-0.2, -0.15) is 0 Å². The third kappa shape index (κ3) is 4.54. The van der Waals surface area contributed by atoms with E-state index in [1.165, 1.54) is 18.4 Å². The lowest BCUT2D eigenvalue weighted by molar-refractivity contribution is -0.136. The molecule has 1 aromatic heterocycles. The van der Waals surface area contributed by atoms with E-state index < -0.39 is 0 Å². The largest absolute Gasteiger partial charge is 0.459 e. The summed E-state index contributed by atoms with van der Waals surface area (Å²) >= 11 is 0. The number of nitrogens with zero attached hydrogens (tertiary/aromatic N) is 3. The molecule has 1 saturated heterocycles. The molecular formula is C20H24FN3O3. The smallest absolute Gasteiger partial charge is 0.289 e. The molecule has 0 N–H and O–H groups in total. The fraction of sp³-hybridized carbons (Fsp3) is 0.400. The Morgan fingerprint density at radius 3 is 2.56 bits per heavy atom. The van der Waals surface area contributed by atoms with E-state index in [0.717, 1.165) is 5.56 Å². The first-order chi connectivity index (χ1) is 13.0. The number of amides is 2. The van der Waals surface area contributed by atoms with E-state index in [0.29, 0.717) is 38.5 Å². The maximum atomic E-state index is 13.3. The van der Waals surface area contributed by atoms with Crippen molar-refractivity contribution < 1.29 is 18.4 Å². The minimum atomic E-state index is -0.307. The monoisotopic (exact) mass is 373 g/mol. The Bertz CT molecular complexity index is 786. The van der Waals surface area contributed by atoms with Crippen LogP contribution in [0.4, 0.5) is 4.39 Å². The van der Waals surface area contributed by atoms with Gasteiger partial charge in [0.25, 0.3) is 5.91 Å². The highest BCUT2D eigenvalue weighted by Crippen LogP contribution is 2.14. The molecule has 0 bridgehead atoms. The molecule has 144 valence electrons. The van der Waals surface area contributed by atoms with Crippen LogP contribution in [-0.2, 0) is 11.3 Å². The maximum absolute atomic E-state index is 13.3. The van der Waals surface area contributed by atoms with Crippen LogP contribution in [-0.4, -0.2) is 65.8 Å². The van der Waals surface area contributed by atoms with Crippen LogP contribution in [0.1, 0.15) is 23.0 Å². The molecule has 1 atom stereocenters. The fourth-order valence-electron chi connectivity index (χ4n) is 3.33. The molecule has 1 unspecified atom stereocenters. The van der Waals surface area contributed by atoms with Gasteiger partial charge in [0.15, 0.2) is 5.76 Å². The SMILES string of the molecule is CC(C(=O)N(C)Cc1cccc(F)c1)N1CCN(C(=O)c2ccco2)CC1. The zero-order chi connectivity index (χ0) is 19.4. The molecule has 27 heavy (non-hydrogen) atoms. The average Bonchev–Trinajstić information content (AvgIpc) is 3.21. The Labute approximate surface area is 158 Å². The van der Waals surface area contributed by atoms with Crippen molar-refractivity contribution in [1.82, 2.24) is 14.7 Å². The number of carbonyl (C=O) groups is 2. The van der Waals surface area contributed by atoms with E-state index in [4.69, 9.17) is 4.42 Å². The number of hydrogen-bond acceptors (Lipinski definition) is 4. The molecule has 6 nitrogen and oxygen atoms in total. The topological polar surface area (TPSA) is 57.0 Å². The number of furan rings is 1. The lowest BCUT2D eigenvalue weighted by atomic mass is 10.1. The first kappa shape index (κ1) is 19.1. The Morgan fingerprint density at radius 2 is 1.93 bits per heavy atom. The Hall–Kier alpha value is -2.67. The first-order valence-electron chi connectivity index (χ1n) is 9.02. The second-order valence-electron chi connectivity index (χ2n) is 6.81. The summed E-state index contributed by atoms with van der Waals surface area (Å²) in [5, 5.41) is 0. The van der Waals surface area contributed by atoms with Crippen LogP contribution < -0.4 is 0 Å². The van der Waals surface area contributed by atoms with Crippen LogP contribution >= 0.6 is 0 Å². The number of likely N-dealkylation sites (N-methyl/N-ethyl adjacent to an activating group) is 1. The Balaban J connectivity index is 1.52. The predicted octanol–water partition coefficient (Wildman–Crippen LogP) is 2.22. The highest BCUT2D eigenvalue weighted by Gasteiger charge is 2.30. The first-order valence-corrected chi connectivity index (χ1v) is 9.02. The van der Waals surface area contributed by atoms with E-state index >= 15 is 0 Å². The second kappa shape index (κ2) is 8.35. The molecular weight excluding hydrogens is 349 g/mol. The van der Waals surface area contributed by atoms with Crippen LogP contribution in [0.25, 0.3) is 0 Å². The van der Waals surface area contributed by atoms with Crippen molar-refractivity contribution in [3.05, 3.63) is 59.8 Å². The van der Waals surface area contributed by atoms with Crippen LogP contribution in [0.5, 0.6) is 0 Å². The standard InChI is InChI=1S/C20H24FN3O3/c1-15(19(25)22(2)14-16-5-3-6-17(21)13-16)23-8-10-24(11-9-23)20(26)18-7-4-12-27-18/h3-7,12-13,15H,8-11,14H2,1-2H3. The van der Waals surface area contributed by atoms with Crippen molar-refractivity contribution in [3.8, 4) is 0 Å². The molecule has 7 heteroatoms. The summed E-state index contributed by atoms with van der Waals surface area (Å²) in [5.74, 6) is -0.118. The maximum Gasteiger partial charge on any atom is 0.289 e. The number of carbonyl (C=O) groups excluding carboxylic acids is 2. The summed E-state index contributed by atoms with van der Waals surface area (Å²) in [5.41, 5.74) is 0.756. The Morgan fingerprint density at radius 1 is 1.19 bits per heavy atom.